The van der Waals surface area contributed by atoms with Crippen LogP contribution in [0.2, 0.25) is 0 Å². The molecule has 0 saturated heterocycles. The summed E-state index contributed by atoms with van der Waals surface area (Å²) in [6, 6.07) is 3.86. The Hall–Kier alpha value is -1.62. The van der Waals surface area contributed by atoms with E-state index >= 15 is 0 Å². The number of rotatable bonds is 3. The number of methoxy groups -OCH3 is 1. The maximum absolute atomic E-state index is 13.0. The molecule has 4 nitrogen and oxygen atoms in total. The fourth-order valence-electron chi connectivity index (χ4n) is 1.66. The van der Waals surface area contributed by atoms with Crippen molar-refractivity contribution in [1.82, 2.24) is 0 Å². The molecule has 5 heteroatoms. The van der Waals surface area contributed by atoms with E-state index in [1.807, 2.05) is 0 Å². The fourth-order valence-corrected chi connectivity index (χ4v) is 1.66. The largest absolute Gasteiger partial charge is 0.385 e. The lowest BCUT2D eigenvalue weighted by atomic mass is 10.1. The molecule has 2 rings (SSSR count). The second-order valence-corrected chi connectivity index (χ2v) is 3.66. The number of nitrogens with one attached hydrogen (secondary N) is 2. The third-order valence-electron chi connectivity index (χ3n) is 2.50. The average Bonchev–Trinajstić information content (AvgIpc) is 2.27. The fraction of sp³-hybridized carbons (Fsp3) is 0.364. The SMILES string of the molecule is COCCC1Nc2cc(F)ccc2NC1=O. The molecule has 1 aliphatic rings. The summed E-state index contributed by atoms with van der Waals surface area (Å²) in [4.78, 5) is 11.6. The molecule has 1 unspecified atom stereocenters. The molecule has 0 saturated carbocycles. The summed E-state index contributed by atoms with van der Waals surface area (Å²) in [6.45, 7) is 0.482. The van der Waals surface area contributed by atoms with Crippen LogP contribution in [-0.2, 0) is 9.53 Å². The van der Waals surface area contributed by atoms with Crippen LogP contribution in [-0.4, -0.2) is 25.7 Å². The number of hydrogen-bond acceptors (Lipinski definition) is 3. The quantitative estimate of drug-likeness (QED) is 0.819. The van der Waals surface area contributed by atoms with Gasteiger partial charge in [0.25, 0.3) is 0 Å². The van der Waals surface area contributed by atoms with Gasteiger partial charge in [-0.3, -0.25) is 4.79 Å². The maximum atomic E-state index is 13.0. The molecule has 16 heavy (non-hydrogen) atoms. The van der Waals surface area contributed by atoms with Gasteiger partial charge in [-0.1, -0.05) is 0 Å². The molecule has 1 aliphatic heterocycles. The molecule has 1 atom stereocenters. The zero-order valence-corrected chi connectivity index (χ0v) is 8.92. The molecule has 1 aromatic carbocycles. The summed E-state index contributed by atoms with van der Waals surface area (Å²) < 4.78 is 17.9. The molecule has 86 valence electrons. The third-order valence-corrected chi connectivity index (χ3v) is 2.50. The summed E-state index contributed by atoms with van der Waals surface area (Å²) in [7, 11) is 1.58. The van der Waals surface area contributed by atoms with Gasteiger partial charge < -0.3 is 15.4 Å². The third kappa shape index (κ3) is 2.14. The average molecular weight is 224 g/mol. The van der Waals surface area contributed by atoms with Crippen molar-refractivity contribution in [3.8, 4) is 0 Å². The molecule has 0 radical (unpaired) electrons. The van der Waals surface area contributed by atoms with Crippen molar-refractivity contribution in [1.29, 1.82) is 0 Å². The van der Waals surface area contributed by atoms with E-state index in [4.69, 9.17) is 4.74 Å². The first-order valence-electron chi connectivity index (χ1n) is 5.06. The Balaban J connectivity index is 2.16. The summed E-state index contributed by atoms with van der Waals surface area (Å²) in [5.74, 6) is -0.441. The molecule has 1 amide bonds. The van der Waals surface area contributed by atoms with E-state index in [1.54, 1.807) is 13.2 Å². The van der Waals surface area contributed by atoms with E-state index < -0.39 is 0 Å². The van der Waals surface area contributed by atoms with Crippen molar-refractivity contribution >= 4 is 17.3 Å². The van der Waals surface area contributed by atoms with Crippen LogP contribution in [0.3, 0.4) is 0 Å². The van der Waals surface area contributed by atoms with Crippen LogP contribution >= 0.6 is 0 Å². The second kappa shape index (κ2) is 4.49. The first-order valence-corrected chi connectivity index (χ1v) is 5.06. The minimum absolute atomic E-state index is 0.115. The lowest BCUT2D eigenvalue weighted by molar-refractivity contribution is -0.117. The normalized spacial score (nSPS) is 18.6. The molecule has 0 bridgehead atoms. The molecular weight excluding hydrogens is 211 g/mol. The van der Waals surface area contributed by atoms with Crippen molar-refractivity contribution in [3.05, 3.63) is 24.0 Å². The van der Waals surface area contributed by atoms with E-state index in [1.165, 1.54) is 12.1 Å². The summed E-state index contributed by atoms with van der Waals surface area (Å²) in [6.07, 6.45) is 0.554. The Kier molecular flexibility index (Phi) is 3.05. The van der Waals surface area contributed by atoms with E-state index in [0.717, 1.165) is 0 Å². The van der Waals surface area contributed by atoms with Gasteiger partial charge in [0.15, 0.2) is 0 Å². The Morgan fingerprint density at radius 3 is 3.00 bits per heavy atom. The van der Waals surface area contributed by atoms with E-state index in [2.05, 4.69) is 10.6 Å². The van der Waals surface area contributed by atoms with Gasteiger partial charge in [-0.15, -0.1) is 0 Å². The highest BCUT2D eigenvalue weighted by atomic mass is 19.1. The van der Waals surface area contributed by atoms with Crippen LogP contribution in [0.15, 0.2) is 18.2 Å². The van der Waals surface area contributed by atoms with Crippen LogP contribution in [0.1, 0.15) is 6.42 Å². The number of carbonyl (C=O) groups excluding carboxylic acids is 1. The molecule has 2 N–H and O–H groups in total. The predicted molar refractivity (Wildman–Crippen MR) is 58.9 cm³/mol. The van der Waals surface area contributed by atoms with Crippen LogP contribution in [0.25, 0.3) is 0 Å². The van der Waals surface area contributed by atoms with Crippen molar-refractivity contribution in [2.75, 3.05) is 24.4 Å². The van der Waals surface area contributed by atoms with Gasteiger partial charge in [0, 0.05) is 13.7 Å². The van der Waals surface area contributed by atoms with Gasteiger partial charge in [-0.25, -0.2) is 4.39 Å². The zero-order valence-electron chi connectivity index (χ0n) is 8.92. The second-order valence-electron chi connectivity index (χ2n) is 3.66. The Morgan fingerprint density at radius 1 is 1.44 bits per heavy atom. The number of anilines is 2. The minimum Gasteiger partial charge on any atom is -0.385 e. The number of carbonyl (C=O) groups is 1. The summed E-state index contributed by atoms with van der Waals surface area (Å²) in [5, 5.41) is 5.71. The lowest BCUT2D eigenvalue weighted by Crippen LogP contribution is -2.39. The number of ether oxygens (including phenoxy) is 1. The molecule has 0 aromatic heterocycles. The van der Waals surface area contributed by atoms with Crippen molar-refractivity contribution < 1.29 is 13.9 Å². The number of fused-ring (bicyclic) bond motifs is 1. The monoisotopic (exact) mass is 224 g/mol. The Bertz CT molecular complexity index is 409. The molecule has 1 heterocycles. The number of halogens is 1. The predicted octanol–water partition coefficient (Wildman–Crippen LogP) is 1.59. The Labute approximate surface area is 92.8 Å². The van der Waals surface area contributed by atoms with E-state index in [0.29, 0.717) is 24.4 Å². The van der Waals surface area contributed by atoms with Crippen molar-refractivity contribution in [2.24, 2.45) is 0 Å². The van der Waals surface area contributed by atoms with Gasteiger partial charge in [-0.2, -0.15) is 0 Å². The van der Waals surface area contributed by atoms with Gasteiger partial charge in [0.1, 0.15) is 11.9 Å². The van der Waals surface area contributed by atoms with Crippen LogP contribution in [0.4, 0.5) is 15.8 Å². The van der Waals surface area contributed by atoms with Crippen LogP contribution in [0, 0.1) is 5.82 Å². The topological polar surface area (TPSA) is 50.4 Å². The standard InChI is InChI=1S/C11H13FN2O2/c1-16-5-4-9-11(15)14-8-3-2-7(12)6-10(8)13-9/h2-3,6,9,13H,4-5H2,1H3,(H,14,15). The molecule has 1 aromatic rings. The van der Waals surface area contributed by atoms with E-state index in [9.17, 15) is 9.18 Å². The molecule has 0 spiro atoms. The van der Waals surface area contributed by atoms with Crippen molar-refractivity contribution in [2.45, 2.75) is 12.5 Å². The summed E-state index contributed by atoms with van der Waals surface area (Å²) in [5.41, 5.74) is 1.22. The highest BCUT2D eigenvalue weighted by Gasteiger charge is 2.24. The van der Waals surface area contributed by atoms with Crippen LogP contribution < -0.4 is 10.6 Å². The smallest absolute Gasteiger partial charge is 0.247 e. The van der Waals surface area contributed by atoms with Gasteiger partial charge in [0.2, 0.25) is 5.91 Å². The van der Waals surface area contributed by atoms with Crippen LogP contribution in [0.5, 0.6) is 0 Å². The minimum atomic E-state index is -0.366. The number of amides is 1. The number of benzene rings is 1. The van der Waals surface area contributed by atoms with Gasteiger partial charge >= 0.3 is 0 Å². The first kappa shape index (κ1) is 10.9. The van der Waals surface area contributed by atoms with E-state index in [-0.39, 0.29) is 17.8 Å². The lowest BCUT2D eigenvalue weighted by Gasteiger charge is -2.26. The first-order chi connectivity index (χ1) is 7.70. The zero-order chi connectivity index (χ0) is 11.5. The highest BCUT2D eigenvalue weighted by Crippen LogP contribution is 2.27. The summed E-state index contributed by atoms with van der Waals surface area (Å²) >= 11 is 0. The highest BCUT2D eigenvalue weighted by molar-refractivity contribution is 6.02. The van der Waals surface area contributed by atoms with Crippen molar-refractivity contribution in [3.63, 3.8) is 0 Å². The molecule has 0 aliphatic carbocycles. The van der Waals surface area contributed by atoms with Gasteiger partial charge in [-0.05, 0) is 24.6 Å². The molecular formula is C11H13FN2O2. The molecule has 0 fully saturated rings. The maximum Gasteiger partial charge on any atom is 0.247 e. The Morgan fingerprint density at radius 2 is 2.25 bits per heavy atom. The van der Waals surface area contributed by atoms with Gasteiger partial charge in [0.05, 0.1) is 11.4 Å². The number of hydrogen-bond donors (Lipinski definition) is 2.